The molecule has 0 radical (unpaired) electrons. The second kappa shape index (κ2) is 10.4. The normalized spacial score (nSPS) is 26.6. The van der Waals surface area contributed by atoms with E-state index in [9.17, 15) is 0 Å². The second-order valence-corrected chi connectivity index (χ2v) is 8.54. The van der Waals surface area contributed by atoms with Crippen LogP contribution in [0.2, 0.25) is 0 Å². The first kappa shape index (κ1) is 21.2. The molecule has 1 atom stereocenters. The van der Waals surface area contributed by atoms with E-state index in [-0.39, 0.29) is 0 Å². The van der Waals surface area contributed by atoms with Crippen molar-refractivity contribution < 1.29 is 9.47 Å². The zero-order chi connectivity index (χ0) is 20.8. The predicted molar refractivity (Wildman–Crippen MR) is 120 cm³/mol. The number of piperazine rings is 3. The molecule has 3 aliphatic heterocycles. The predicted octanol–water partition coefficient (Wildman–Crippen LogP) is 2.07. The molecular weight excluding hydrogens is 378 g/mol. The highest BCUT2D eigenvalue weighted by atomic mass is 16.5. The average molecular weight is 416 g/mol. The van der Waals surface area contributed by atoms with Crippen molar-refractivity contribution in [3.05, 3.63) is 23.8 Å². The fourth-order valence-electron chi connectivity index (χ4n) is 4.79. The molecular formula is C23H37N5O2. The van der Waals surface area contributed by atoms with Crippen molar-refractivity contribution in [2.75, 3.05) is 52.9 Å². The van der Waals surface area contributed by atoms with Gasteiger partial charge < -0.3 is 20.1 Å². The lowest BCUT2D eigenvalue weighted by Gasteiger charge is -2.47. The number of aliphatic imine (C=N–C) groups is 1. The van der Waals surface area contributed by atoms with Gasteiger partial charge in [-0.2, -0.15) is 0 Å². The summed E-state index contributed by atoms with van der Waals surface area (Å²) in [6.45, 7) is 10.4. The molecule has 2 N–H and O–H groups in total. The van der Waals surface area contributed by atoms with Crippen molar-refractivity contribution in [1.29, 1.82) is 0 Å². The van der Waals surface area contributed by atoms with Crippen LogP contribution in [-0.2, 0) is 6.54 Å². The average Bonchev–Trinajstić information content (AvgIpc) is 3.30. The summed E-state index contributed by atoms with van der Waals surface area (Å²) in [5, 5.41) is 6.96. The fraction of sp³-hybridized carbons (Fsp3) is 0.696. The van der Waals surface area contributed by atoms with Gasteiger partial charge >= 0.3 is 0 Å². The summed E-state index contributed by atoms with van der Waals surface area (Å²) >= 11 is 0. The molecule has 30 heavy (non-hydrogen) atoms. The van der Waals surface area contributed by atoms with Crippen LogP contribution in [0.15, 0.2) is 23.2 Å². The van der Waals surface area contributed by atoms with Crippen molar-refractivity contribution in [3.8, 4) is 11.5 Å². The highest BCUT2D eigenvalue weighted by Crippen LogP contribution is 2.35. The molecule has 3 heterocycles. The maximum absolute atomic E-state index is 6.36. The van der Waals surface area contributed by atoms with E-state index in [2.05, 4.69) is 33.4 Å². The minimum absolute atomic E-state index is 0.293. The molecule has 1 unspecified atom stereocenters. The summed E-state index contributed by atoms with van der Waals surface area (Å²) < 4.78 is 12.0. The number of ether oxygens (including phenoxy) is 2. The Kier molecular flexibility index (Phi) is 7.33. The molecule has 3 saturated heterocycles. The summed E-state index contributed by atoms with van der Waals surface area (Å²) in [7, 11) is 1.71. The standard InChI is InChI=1S/C23H37N5O2/c1-3-24-23(26-16-19-17-27-11-13-28(19)14-12-27)25-15-18-7-6-10-21(29-2)22(18)30-20-8-4-5-9-20/h6-7,10,19-20H,3-5,8-9,11-17H2,1-2H3,(H2,24,25,26). The van der Waals surface area contributed by atoms with E-state index in [1.165, 1.54) is 39.0 Å². The summed E-state index contributed by atoms with van der Waals surface area (Å²) in [6, 6.07) is 6.66. The molecule has 1 aromatic carbocycles. The van der Waals surface area contributed by atoms with Crippen LogP contribution in [0.1, 0.15) is 38.2 Å². The minimum atomic E-state index is 0.293. The van der Waals surface area contributed by atoms with Gasteiger partial charge in [-0.3, -0.25) is 9.80 Å². The third-order valence-corrected chi connectivity index (χ3v) is 6.52. The van der Waals surface area contributed by atoms with Gasteiger partial charge in [-0.15, -0.1) is 0 Å². The van der Waals surface area contributed by atoms with Crippen LogP contribution in [0.4, 0.5) is 0 Å². The van der Waals surface area contributed by atoms with E-state index < -0.39 is 0 Å². The lowest BCUT2D eigenvalue weighted by molar-refractivity contribution is 0.0154. The fourth-order valence-corrected chi connectivity index (χ4v) is 4.79. The Morgan fingerprint density at radius 2 is 1.93 bits per heavy atom. The first-order valence-corrected chi connectivity index (χ1v) is 11.6. The maximum Gasteiger partial charge on any atom is 0.191 e. The Morgan fingerprint density at radius 3 is 2.60 bits per heavy atom. The molecule has 1 aliphatic carbocycles. The molecule has 4 aliphatic rings. The zero-order valence-electron chi connectivity index (χ0n) is 18.5. The first-order valence-electron chi connectivity index (χ1n) is 11.6. The van der Waals surface area contributed by atoms with Crippen LogP contribution in [-0.4, -0.2) is 80.8 Å². The molecule has 4 fully saturated rings. The Hall–Kier alpha value is -1.99. The number of benzene rings is 1. The van der Waals surface area contributed by atoms with Gasteiger partial charge in [0.05, 0.1) is 19.8 Å². The number of fused-ring (bicyclic) bond motifs is 3. The summed E-state index contributed by atoms with van der Waals surface area (Å²) in [5.74, 6) is 2.52. The van der Waals surface area contributed by atoms with E-state index >= 15 is 0 Å². The van der Waals surface area contributed by atoms with E-state index in [0.29, 0.717) is 18.7 Å². The van der Waals surface area contributed by atoms with Gasteiger partial charge in [0, 0.05) is 57.4 Å². The van der Waals surface area contributed by atoms with Crippen molar-refractivity contribution in [2.45, 2.75) is 51.3 Å². The molecule has 5 rings (SSSR count). The smallest absolute Gasteiger partial charge is 0.191 e. The van der Waals surface area contributed by atoms with Crippen molar-refractivity contribution in [3.63, 3.8) is 0 Å². The molecule has 7 nitrogen and oxygen atoms in total. The quantitative estimate of drug-likeness (QED) is 0.501. The van der Waals surface area contributed by atoms with Gasteiger partial charge in [0.15, 0.2) is 17.5 Å². The summed E-state index contributed by atoms with van der Waals surface area (Å²) in [6.07, 6.45) is 5.04. The van der Waals surface area contributed by atoms with Gasteiger partial charge in [-0.25, -0.2) is 4.99 Å². The van der Waals surface area contributed by atoms with Crippen LogP contribution >= 0.6 is 0 Å². The molecule has 2 bridgehead atoms. The van der Waals surface area contributed by atoms with E-state index in [4.69, 9.17) is 14.5 Å². The maximum atomic E-state index is 6.36. The van der Waals surface area contributed by atoms with Crippen LogP contribution in [0, 0.1) is 0 Å². The third kappa shape index (κ3) is 5.19. The van der Waals surface area contributed by atoms with E-state index in [0.717, 1.165) is 55.5 Å². The number of nitrogens with zero attached hydrogens (tertiary/aromatic N) is 3. The van der Waals surface area contributed by atoms with Gasteiger partial charge in [-0.1, -0.05) is 12.1 Å². The van der Waals surface area contributed by atoms with Crippen LogP contribution < -0.4 is 20.1 Å². The van der Waals surface area contributed by atoms with Crippen LogP contribution in [0.25, 0.3) is 0 Å². The lowest BCUT2D eigenvalue weighted by atomic mass is 10.1. The van der Waals surface area contributed by atoms with E-state index in [1.807, 2.05) is 12.1 Å². The summed E-state index contributed by atoms with van der Waals surface area (Å²) in [4.78, 5) is 10.0. The third-order valence-electron chi connectivity index (χ3n) is 6.52. The Bertz CT molecular complexity index is 712. The largest absolute Gasteiger partial charge is 0.493 e. The highest BCUT2D eigenvalue weighted by Gasteiger charge is 2.31. The molecule has 7 heteroatoms. The molecule has 1 aromatic rings. The number of guanidine groups is 1. The second-order valence-electron chi connectivity index (χ2n) is 8.54. The monoisotopic (exact) mass is 415 g/mol. The lowest BCUT2D eigenvalue weighted by Crippen LogP contribution is -2.63. The van der Waals surface area contributed by atoms with Crippen LogP contribution in [0.5, 0.6) is 11.5 Å². The molecule has 0 spiro atoms. The van der Waals surface area contributed by atoms with Crippen molar-refractivity contribution in [2.24, 2.45) is 4.99 Å². The number of hydrogen-bond donors (Lipinski definition) is 2. The number of nitrogens with one attached hydrogen (secondary N) is 2. The molecule has 166 valence electrons. The Labute approximate surface area is 180 Å². The first-order chi connectivity index (χ1) is 14.8. The topological polar surface area (TPSA) is 61.4 Å². The van der Waals surface area contributed by atoms with Gasteiger partial charge in [-0.05, 0) is 38.7 Å². The summed E-state index contributed by atoms with van der Waals surface area (Å²) in [5.41, 5.74) is 1.07. The number of hydrogen-bond acceptors (Lipinski definition) is 5. The molecule has 1 saturated carbocycles. The van der Waals surface area contributed by atoms with Gasteiger partial charge in [0.2, 0.25) is 0 Å². The number of para-hydroxylation sites is 1. The Balaban J connectivity index is 1.41. The molecule has 0 amide bonds. The van der Waals surface area contributed by atoms with Gasteiger partial charge in [0.1, 0.15) is 0 Å². The minimum Gasteiger partial charge on any atom is -0.493 e. The van der Waals surface area contributed by atoms with E-state index in [1.54, 1.807) is 7.11 Å². The highest BCUT2D eigenvalue weighted by molar-refractivity contribution is 5.79. The number of methoxy groups -OCH3 is 1. The number of rotatable bonds is 8. The van der Waals surface area contributed by atoms with Crippen LogP contribution in [0.3, 0.4) is 0 Å². The SMILES string of the molecule is CCNC(=NCc1cccc(OC)c1OC1CCCC1)NCC1CN2CCN1CC2. The van der Waals surface area contributed by atoms with Crippen molar-refractivity contribution in [1.82, 2.24) is 20.4 Å². The zero-order valence-corrected chi connectivity index (χ0v) is 18.5. The molecule has 0 aromatic heterocycles. The van der Waals surface area contributed by atoms with Gasteiger partial charge in [0.25, 0.3) is 0 Å². The van der Waals surface area contributed by atoms with Crippen molar-refractivity contribution >= 4 is 5.96 Å². The Morgan fingerprint density at radius 1 is 1.13 bits per heavy atom.